The molecule has 1 aromatic heterocycles. The number of nitrogens with one attached hydrogen (secondary N) is 1. The molecule has 2 aromatic carbocycles. The van der Waals surface area contributed by atoms with Crippen LogP contribution in [0, 0.1) is 0 Å². The van der Waals surface area contributed by atoms with E-state index in [2.05, 4.69) is 66.2 Å². The van der Waals surface area contributed by atoms with Crippen molar-refractivity contribution in [2.45, 2.75) is 52.0 Å². The van der Waals surface area contributed by atoms with Crippen LogP contribution in [0.5, 0.6) is 0 Å². The van der Waals surface area contributed by atoms with Crippen molar-refractivity contribution in [1.29, 1.82) is 0 Å². The molecule has 0 atom stereocenters. The van der Waals surface area contributed by atoms with Crippen molar-refractivity contribution < 1.29 is 9.53 Å². The number of methoxy groups -OCH3 is 1. The number of carbonyl (C=O) groups excluding carboxylic acids is 1. The topological polar surface area (TPSA) is 56.1 Å². The summed E-state index contributed by atoms with van der Waals surface area (Å²) in [5.74, 6) is 1.62. The van der Waals surface area contributed by atoms with Crippen LogP contribution in [0.3, 0.4) is 0 Å². The third-order valence-electron chi connectivity index (χ3n) is 5.40. The van der Waals surface area contributed by atoms with Gasteiger partial charge in [0.1, 0.15) is 12.4 Å². The number of imidazole rings is 1. The van der Waals surface area contributed by atoms with E-state index in [0.29, 0.717) is 12.5 Å². The Hall–Kier alpha value is -2.66. The molecule has 0 aliphatic carbocycles. The van der Waals surface area contributed by atoms with Crippen molar-refractivity contribution in [1.82, 2.24) is 14.9 Å². The molecule has 0 bridgehead atoms. The highest BCUT2D eigenvalue weighted by Crippen LogP contribution is 2.21. The van der Waals surface area contributed by atoms with Gasteiger partial charge in [0, 0.05) is 26.6 Å². The van der Waals surface area contributed by atoms with Gasteiger partial charge < -0.3 is 14.6 Å². The SMILES string of the molecule is COCC(=O)NCCCCCc1nc2ccccc2n1Cc1ccc(C(C)C)cc1. The summed E-state index contributed by atoms with van der Waals surface area (Å²) >= 11 is 0. The molecule has 0 radical (unpaired) electrons. The van der Waals surface area contributed by atoms with Crippen LogP contribution in [0.15, 0.2) is 48.5 Å². The monoisotopic (exact) mass is 407 g/mol. The summed E-state index contributed by atoms with van der Waals surface area (Å²) < 4.78 is 7.17. The zero-order chi connectivity index (χ0) is 21.3. The van der Waals surface area contributed by atoms with Crippen LogP contribution in [-0.2, 0) is 22.5 Å². The van der Waals surface area contributed by atoms with Gasteiger partial charge in [0.25, 0.3) is 0 Å². The van der Waals surface area contributed by atoms with Crippen LogP contribution in [0.25, 0.3) is 11.0 Å². The van der Waals surface area contributed by atoms with Crippen LogP contribution < -0.4 is 5.32 Å². The Kier molecular flexibility index (Phi) is 8.03. The number of para-hydroxylation sites is 2. The second-order valence-electron chi connectivity index (χ2n) is 8.09. The minimum atomic E-state index is -0.0530. The number of rotatable bonds is 11. The quantitative estimate of drug-likeness (QED) is 0.470. The lowest BCUT2D eigenvalue weighted by molar-refractivity contribution is -0.124. The molecule has 5 heteroatoms. The van der Waals surface area contributed by atoms with Gasteiger partial charge in [-0.25, -0.2) is 4.98 Å². The molecule has 3 aromatic rings. The number of amides is 1. The molecule has 1 heterocycles. The fraction of sp³-hybridized carbons (Fsp3) is 0.440. The minimum Gasteiger partial charge on any atom is -0.375 e. The van der Waals surface area contributed by atoms with E-state index in [1.807, 2.05) is 6.07 Å². The van der Waals surface area contributed by atoms with Crippen LogP contribution in [0.1, 0.15) is 56.0 Å². The molecule has 1 amide bonds. The van der Waals surface area contributed by atoms with E-state index in [4.69, 9.17) is 9.72 Å². The molecule has 1 N–H and O–H groups in total. The van der Waals surface area contributed by atoms with Gasteiger partial charge >= 0.3 is 0 Å². The molecule has 0 saturated heterocycles. The standard InChI is InChI=1S/C25H33N3O2/c1-19(2)21-14-12-20(13-15-21)17-28-23-10-7-6-9-22(23)27-24(28)11-5-4-8-16-26-25(29)18-30-3/h6-7,9-10,12-15,19H,4-5,8,11,16-18H2,1-3H3,(H,26,29). The second-order valence-corrected chi connectivity index (χ2v) is 8.09. The largest absolute Gasteiger partial charge is 0.375 e. The van der Waals surface area contributed by atoms with E-state index in [-0.39, 0.29) is 12.5 Å². The van der Waals surface area contributed by atoms with Gasteiger partial charge in [0.2, 0.25) is 5.91 Å². The van der Waals surface area contributed by atoms with Crippen LogP contribution in [0.4, 0.5) is 0 Å². The highest BCUT2D eigenvalue weighted by Gasteiger charge is 2.11. The molecule has 0 aliphatic heterocycles. The van der Waals surface area contributed by atoms with Crippen molar-refractivity contribution in [2.24, 2.45) is 0 Å². The van der Waals surface area contributed by atoms with Crippen molar-refractivity contribution in [3.05, 3.63) is 65.5 Å². The number of aromatic nitrogens is 2. The van der Waals surface area contributed by atoms with Gasteiger partial charge in [-0.1, -0.05) is 56.7 Å². The van der Waals surface area contributed by atoms with E-state index in [0.717, 1.165) is 43.6 Å². The van der Waals surface area contributed by atoms with Gasteiger partial charge in [0.05, 0.1) is 11.0 Å². The summed E-state index contributed by atoms with van der Waals surface area (Å²) in [6.45, 7) is 6.10. The predicted molar refractivity (Wildman–Crippen MR) is 122 cm³/mol. The first-order valence-electron chi connectivity index (χ1n) is 10.9. The summed E-state index contributed by atoms with van der Waals surface area (Å²) in [6, 6.07) is 17.3. The van der Waals surface area contributed by atoms with Crippen LogP contribution in [0.2, 0.25) is 0 Å². The molecule has 0 unspecified atom stereocenters. The van der Waals surface area contributed by atoms with Gasteiger partial charge in [0.15, 0.2) is 0 Å². The fourth-order valence-electron chi connectivity index (χ4n) is 3.68. The third kappa shape index (κ3) is 5.92. The zero-order valence-corrected chi connectivity index (χ0v) is 18.4. The van der Waals surface area contributed by atoms with E-state index in [9.17, 15) is 4.79 Å². The number of fused-ring (bicyclic) bond motifs is 1. The summed E-state index contributed by atoms with van der Waals surface area (Å²) in [6.07, 6.45) is 4.01. The molecule has 0 spiro atoms. The van der Waals surface area contributed by atoms with E-state index < -0.39 is 0 Å². The summed E-state index contributed by atoms with van der Waals surface area (Å²) in [4.78, 5) is 16.3. The molecule has 3 rings (SSSR count). The molecular weight excluding hydrogens is 374 g/mol. The van der Waals surface area contributed by atoms with Gasteiger partial charge in [-0.15, -0.1) is 0 Å². The van der Waals surface area contributed by atoms with Crippen LogP contribution in [-0.4, -0.2) is 35.7 Å². The van der Waals surface area contributed by atoms with Crippen molar-refractivity contribution in [2.75, 3.05) is 20.3 Å². The van der Waals surface area contributed by atoms with Gasteiger partial charge in [-0.05, 0) is 42.0 Å². The molecule has 0 aliphatic rings. The number of nitrogens with zero attached hydrogens (tertiary/aromatic N) is 2. The number of ether oxygens (including phenoxy) is 1. The first-order chi connectivity index (χ1) is 14.6. The summed E-state index contributed by atoms with van der Waals surface area (Å²) in [7, 11) is 1.53. The average molecular weight is 408 g/mol. The number of aryl methyl sites for hydroxylation is 1. The Morgan fingerprint density at radius 3 is 2.57 bits per heavy atom. The maximum Gasteiger partial charge on any atom is 0.245 e. The number of benzene rings is 2. The first-order valence-corrected chi connectivity index (χ1v) is 10.9. The molecular formula is C25H33N3O2. The molecule has 0 saturated carbocycles. The minimum absolute atomic E-state index is 0.0530. The third-order valence-corrected chi connectivity index (χ3v) is 5.40. The highest BCUT2D eigenvalue weighted by atomic mass is 16.5. The number of hydrogen-bond donors (Lipinski definition) is 1. The second kappa shape index (κ2) is 10.9. The van der Waals surface area contributed by atoms with Crippen molar-refractivity contribution >= 4 is 16.9 Å². The lowest BCUT2D eigenvalue weighted by Crippen LogP contribution is -2.27. The number of carbonyl (C=O) groups is 1. The maximum atomic E-state index is 11.4. The van der Waals surface area contributed by atoms with Crippen molar-refractivity contribution in [3.8, 4) is 0 Å². The Balaban J connectivity index is 1.62. The van der Waals surface area contributed by atoms with E-state index in [1.54, 1.807) is 0 Å². The summed E-state index contributed by atoms with van der Waals surface area (Å²) in [5, 5.41) is 2.88. The lowest BCUT2D eigenvalue weighted by atomic mass is 10.0. The van der Waals surface area contributed by atoms with Gasteiger partial charge in [-0.3, -0.25) is 4.79 Å². The smallest absolute Gasteiger partial charge is 0.245 e. The predicted octanol–water partition coefficient (Wildman–Crippen LogP) is 4.68. The lowest BCUT2D eigenvalue weighted by Gasteiger charge is -2.11. The van der Waals surface area contributed by atoms with E-state index in [1.165, 1.54) is 23.8 Å². The molecule has 5 nitrogen and oxygen atoms in total. The normalized spacial score (nSPS) is 11.3. The average Bonchev–Trinajstić information content (AvgIpc) is 3.08. The maximum absolute atomic E-state index is 11.4. The Labute approximate surface area is 179 Å². The first kappa shape index (κ1) is 22.0. The summed E-state index contributed by atoms with van der Waals surface area (Å²) in [5.41, 5.74) is 4.90. The highest BCUT2D eigenvalue weighted by molar-refractivity contribution is 5.77. The zero-order valence-electron chi connectivity index (χ0n) is 18.4. The fourth-order valence-corrected chi connectivity index (χ4v) is 3.68. The molecule has 160 valence electrons. The Morgan fingerprint density at radius 1 is 1.07 bits per heavy atom. The Bertz CT molecular complexity index is 945. The number of unbranched alkanes of at least 4 members (excludes halogenated alkanes) is 2. The molecule has 0 fully saturated rings. The Morgan fingerprint density at radius 2 is 1.83 bits per heavy atom. The van der Waals surface area contributed by atoms with E-state index >= 15 is 0 Å². The van der Waals surface area contributed by atoms with Crippen LogP contribution >= 0.6 is 0 Å². The van der Waals surface area contributed by atoms with Gasteiger partial charge in [-0.2, -0.15) is 0 Å². The molecule has 30 heavy (non-hydrogen) atoms. The van der Waals surface area contributed by atoms with Crippen molar-refractivity contribution in [3.63, 3.8) is 0 Å². The number of hydrogen-bond acceptors (Lipinski definition) is 3.